The van der Waals surface area contributed by atoms with Crippen LogP contribution in [0.2, 0.25) is 0 Å². The molecule has 1 N–H and O–H groups in total. The molecular weight excluding hydrogens is 378 g/mol. The number of fused-ring (bicyclic) bond motifs is 2. The number of aromatic nitrogens is 2. The van der Waals surface area contributed by atoms with Gasteiger partial charge in [-0.1, -0.05) is 23.9 Å². The molecule has 7 nitrogen and oxygen atoms in total. The third-order valence-electron chi connectivity index (χ3n) is 4.28. The molecule has 1 aliphatic rings. The zero-order valence-corrected chi connectivity index (χ0v) is 16.3. The van der Waals surface area contributed by atoms with E-state index < -0.39 is 0 Å². The fraction of sp³-hybridized carbons (Fsp3) is 0.250. The number of nitrogens with one attached hydrogen (secondary N) is 1. The Hall–Kier alpha value is -3.00. The highest BCUT2D eigenvalue weighted by Gasteiger charge is 2.17. The molecule has 0 saturated heterocycles. The van der Waals surface area contributed by atoms with Crippen molar-refractivity contribution in [3.63, 3.8) is 0 Å². The van der Waals surface area contributed by atoms with E-state index in [0.29, 0.717) is 33.2 Å². The number of ether oxygens (including phenoxy) is 2. The number of carbonyl (C=O) groups is 1. The fourth-order valence-electron chi connectivity index (χ4n) is 2.98. The first-order valence-electron chi connectivity index (χ1n) is 8.86. The SMILES string of the molecule is CC(C)n1c(SCC(=O)Nc2ccc3c(c2)OCO3)nc2ccccc2c1=O. The van der Waals surface area contributed by atoms with E-state index in [-0.39, 0.29) is 30.1 Å². The summed E-state index contributed by atoms with van der Waals surface area (Å²) < 4.78 is 12.2. The van der Waals surface area contributed by atoms with Crippen molar-refractivity contribution in [1.82, 2.24) is 9.55 Å². The van der Waals surface area contributed by atoms with Gasteiger partial charge in [0.25, 0.3) is 5.56 Å². The van der Waals surface area contributed by atoms with Crippen LogP contribution in [-0.4, -0.2) is 28.0 Å². The van der Waals surface area contributed by atoms with Crippen molar-refractivity contribution in [2.24, 2.45) is 0 Å². The molecular formula is C20H19N3O4S. The maximum absolute atomic E-state index is 12.8. The summed E-state index contributed by atoms with van der Waals surface area (Å²) in [4.78, 5) is 29.8. The molecule has 0 unspecified atom stereocenters. The smallest absolute Gasteiger partial charge is 0.262 e. The lowest BCUT2D eigenvalue weighted by Gasteiger charge is -2.16. The van der Waals surface area contributed by atoms with E-state index in [4.69, 9.17) is 9.47 Å². The standard InChI is InChI=1S/C20H19N3O4S/c1-12(2)23-19(25)14-5-3-4-6-15(14)22-20(23)28-10-18(24)21-13-7-8-16-17(9-13)27-11-26-16/h3-9,12H,10-11H2,1-2H3,(H,21,24). The van der Waals surface area contributed by atoms with Crippen molar-refractivity contribution in [3.8, 4) is 11.5 Å². The van der Waals surface area contributed by atoms with Gasteiger partial charge in [-0.25, -0.2) is 4.98 Å². The van der Waals surface area contributed by atoms with Gasteiger partial charge in [0.05, 0.1) is 16.7 Å². The molecule has 3 aromatic rings. The Morgan fingerprint density at radius 3 is 2.82 bits per heavy atom. The first-order valence-corrected chi connectivity index (χ1v) is 9.85. The lowest BCUT2D eigenvalue weighted by Crippen LogP contribution is -2.25. The minimum Gasteiger partial charge on any atom is -0.454 e. The minimum atomic E-state index is -0.193. The molecule has 2 heterocycles. The summed E-state index contributed by atoms with van der Waals surface area (Å²) in [5.74, 6) is 1.21. The van der Waals surface area contributed by atoms with Crippen molar-refractivity contribution in [2.45, 2.75) is 25.0 Å². The number of anilines is 1. The average molecular weight is 397 g/mol. The Labute approximate surface area is 165 Å². The highest BCUT2D eigenvalue weighted by Crippen LogP contribution is 2.34. The Morgan fingerprint density at radius 2 is 2.00 bits per heavy atom. The summed E-state index contributed by atoms with van der Waals surface area (Å²) in [5.41, 5.74) is 1.16. The summed E-state index contributed by atoms with van der Waals surface area (Å²) in [6, 6.07) is 12.4. The van der Waals surface area contributed by atoms with Gasteiger partial charge in [-0.2, -0.15) is 0 Å². The van der Waals surface area contributed by atoms with Crippen LogP contribution >= 0.6 is 11.8 Å². The molecule has 2 aromatic carbocycles. The van der Waals surface area contributed by atoms with Gasteiger partial charge in [0.15, 0.2) is 16.7 Å². The first-order chi connectivity index (χ1) is 13.5. The minimum absolute atomic E-state index is 0.0657. The molecule has 144 valence electrons. The number of thioether (sulfide) groups is 1. The molecule has 0 spiro atoms. The number of benzene rings is 2. The highest BCUT2D eigenvalue weighted by molar-refractivity contribution is 7.99. The molecule has 28 heavy (non-hydrogen) atoms. The molecule has 0 fully saturated rings. The van der Waals surface area contributed by atoms with Crippen LogP contribution in [0.4, 0.5) is 5.69 Å². The Balaban J connectivity index is 1.52. The maximum Gasteiger partial charge on any atom is 0.262 e. The van der Waals surface area contributed by atoms with E-state index in [9.17, 15) is 9.59 Å². The van der Waals surface area contributed by atoms with Crippen LogP contribution in [0.25, 0.3) is 10.9 Å². The molecule has 4 rings (SSSR count). The average Bonchev–Trinajstić information content (AvgIpc) is 3.14. The molecule has 0 bridgehead atoms. The Bertz CT molecular complexity index is 1110. The molecule has 0 saturated carbocycles. The van der Waals surface area contributed by atoms with Gasteiger partial charge in [-0.15, -0.1) is 0 Å². The van der Waals surface area contributed by atoms with Crippen LogP contribution in [-0.2, 0) is 4.79 Å². The highest BCUT2D eigenvalue weighted by atomic mass is 32.2. The van der Waals surface area contributed by atoms with Gasteiger partial charge in [0.2, 0.25) is 12.7 Å². The summed E-state index contributed by atoms with van der Waals surface area (Å²) in [6.45, 7) is 4.03. The van der Waals surface area contributed by atoms with E-state index in [1.165, 1.54) is 11.8 Å². The lowest BCUT2D eigenvalue weighted by molar-refractivity contribution is -0.113. The zero-order valence-electron chi connectivity index (χ0n) is 15.5. The fourth-order valence-corrected chi connectivity index (χ4v) is 3.91. The topological polar surface area (TPSA) is 82.5 Å². The molecule has 0 radical (unpaired) electrons. The summed E-state index contributed by atoms with van der Waals surface area (Å²) in [7, 11) is 0. The zero-order chi connectivity index (χ0) is 19.7. The third-order valence-corrected chi connectivity index (χ3v) is 5.23. The Morgan fingerprint density at radius 1 is 1.21 bits per heavy atom. The van der Waals surface area contributed by atoms with Crippen molar-refractivity contribution in [3.05, 3.63) is 52.8 Å². The van der Waals surface area contributed by atoms with Crippen LogP contribution in [0, 0.1) is 0 Å². The Kier molecular flexibility index (Phi) is 4.95. The van der Waals surface area contributed by atoms with Crippen LogP contribution in [0.1, 0.15) is 19.9 Å². The van der Waals surface area contributed by atoms with E-state index >= 15 is 0 Å². The van der Waals surface area contributed by atoms with Crippen LogP contribution in [0.15, 0.2) is 52.4 Å². The number of nitrogens with zero attached hydrogens (tertiary/aromatic N) is 2. The first kappa shape index (κ1) is 18.4. The number of para-hydroxylation sites is 1. The third kappa shape index (κ3) is 3.55. The van der Waals surface area contributed by atoms with Gasteiger partial charge >= 0.3 is 0 Å². The molecule has 0 atom stereocenters. The van der Waals surface area contributed by atoms with Gasteiger partial charge in [-0.05, 0) is 38.1 Å². The quantitative estimate of drug-likeness (QED) is 0.525. The summed E-state index contributed by atoms with van der Waals surface area (Å²) in [5, 5.41) is 3.93. The predicted octanol–water partition coefficient (Wildman–Crippen LogP) is 3.44. The lowest BCUT2D eigenvalue weighted by atomic mass is 10.2. The van der Waals surface area contributed by atoms with Gasteiger partial charge in [0, 0.05) is 17.8 Å². The molecule has 1 aliphatic heterocycles. The van der Waals surface area contributed by atoms with Gasteiger partial charge < -0.3 is 14.8 Å². The van der Waals surface area contributed by atoms with Crippen LogP contribution in [0.5, 0.6) is 11.5 Å². The van der Waals surface area contributed by atoms with E-state index in [1.807, 2.05) is 26.0 Å². The van der Waals surface area contributed by atoms with Crippen molar-refractivity contribution in [1.29, 1.82) is 0 Å². The molecule has 1 amide bonds. The van der Waals surface area contributed by atoms with Crippen molar-refractivity contribution < 1.29 is 14.3 Å². The van der Waals surface area contributed by atoms with Crippen molar-refractivity contribution in [2.75, 3.05) is 17.9 Å². The van der Waals surface area contributed by atoms with Gasteiger partial charge in [0.1, 0.15) is 0 Å². The number of hydrogen-bond acceptors (Lipinski definition) is 6. The molecule has 0 aliphatic carbocycles. The van der Waals surface area contributed by atoms with Crippen molar-refractivity contribution >= 4 is 34.3 Å². The predicted molar refractivity (Wildman–Crippen MR) is 108 cm³/mol. The number of rotatable bonds is 5. The number of hydrogen-bond donors (Lipinski definition) is 1. The van der Waals surface area contributed by atoms with E-state index in [0.717, 1.165) is 0 Å². The normalized spacial score (nSPS) is 12.5. The number of carbonyl (C=O) groups excluding carboxylic acids is 1. The maximum atomic E-state index is 12.8. The van der Waals surface area contributed by atoms with Gasteiger partial charge in [-0.3, -0.25) is 14.2 Å². The summed E-state index contributed by atoms with van der Waals surface area (Å²) in [6.07, 6.45) is 0. The van der Waals surface area contributed by atoms with E-state index in [2.05, 4.69) is 10.3 Å². The van der Waals surface area contributed by atoms with Crippen LogP contribution < -0.4 is 20.3 Å². The second-order valence-corrected chi connectivity index (χ2v) is 7.53. The monoisotopic (exact) mass is 397 g/mol. The van der Waals surface area contributed by atoms with E-state index in [1.54, 1.807) is 34.9 Å². The summed E-state index contributed by atoms with van der Waals surface area (Å²) >= 11 is 1.24. The second kappa shape index (κ2) is 7.55. The van der Waals surface area contributed by atoms with Crippen LogP contribution in [0.3, 0.4) is 0 Å². The molecule has 8 heteroatoms. The second-order valence-electron chi connectivity index (χ2n) is 6.59. The largest absolute Gasteiger partial charge is 0.454 e. The molecule has 1 aromatic heterocycles. The number of amides is 1.